The Morgan fingerprint density at radius 1 is 1.10 bits per heavy atom. The largest absolute Gasteiger partial charge is 0.508 e. The van der Waals surface area contributed by atoms with Gasteiger partial charge in [-0.25, -0.2) is 0 Å². The van der Waals surface area contributed by atoms with Crippen molar-refractivity contribution in [2.75, 3.05) is 5.32 Å². The summed E-state index contributed by atoms with van der Waals surface area (Å²) in [7, 11) is 0. The maximum atomic E-state index is 11.9. The monoisotopic (exact) mass is 270 g/mol. The summed E-state index contributed by atoms with van der Waals surface area (Å²) in [5.41, 5.74) is 6.82. The third kappa shape index (κ3) is 3.58. The van der Waals surface area contributed by atoms with Gasteiger partial charge in [0, 0.05) is 11.3 Å². The predicted molar refractivity (Wildman–Crippen MR) is 75.4 cm³/mol. The van der Waals surface area contributed by atoms with E-state index in [-0.39, 0.29) is 18.1 Å². The number of nitrogens with two attached hydrogens (primary N) is 1. The van der Waals surface area contributed by atoms with Gasteiger partial charge in [0.05, 0.1) is 6.42 Å². The molecule has 0 aliphatic carbocycles. The third-order valence-corrected chi connectivity index (χ3v) is 2.73. The fraction of sp³-hybridized carbons (Fsp3) is 0.0667. The van der Waals surface area contributed by atoms with Crippen molar-refractivity contribution in [2.24, 2.45) is 5.73 Å². The minimum atomic E-state index is -0.542. The van der Waals surface area contributed by atoms with Crippen molar-refractivity contribution in [2.45, 2.75) is 6.42 Å². The maximum Gasteiger partial charge on any atom is 0.248 e. The first-order valence-electron chi connectivity index (χ1n) is 6.02. The van der Waals surface area contributed by atoms with Crippen molar-refractivity contribution in [3.05, 3.63) is 59.7 Å². The van der Waals surface area contributed by atoms with Gasteiger partial charge < -0.3 is 16.2 Å². The number of hydrogen-bond acceptors (Lipinski definition) is 3. The van der Waals surface area contributed by atoms with E-state index in [1.165, 1.54) is 18.2 Å². The fourth-order valence-corrected chi connectivity index (χ4v) is 1.75. The molecule has 2 amide bonds. The Morgan fingerprint density at radius 2 is 1.80 bits per heavy atom. The van der Waals surface area contributed by atoms with Gasteiger partial charge in [0.2, 0.25) is 11.8 Å². The Hall–Kier alpha value is -2.82. The number of nitrogens with one attached hydrogen (secondary N) is 1. The Morgan fingerprint density at radius 3 is 2.45 bits per heavy atom. The standard InChI is InChI=1S/C15H14N2O3/c16-15(20)11-2-1-3-12(9-11)17-14(19)8-10-4-6-13(18)7-5-10/h1-7,9,18H,8H2,(H2,16,20)(H,17,19). The van der Waals surface area contributed by atoms with Crippen molar-refractivity contribution < 1.29 is 14.7 Å². The number of rotatable bonds is 4. The van der Waals surface area contributed by atoms with Crippen LogP contribution in [0.1, 0.15) is 15.9 Å². The zero-order chi connectivity index (χ0) is 14.5. The highest BCUT2D eigenvalue weighted by Crippen LogP contribution is 2.13. The van der Waals surface area contributed by atoms with E-state index in [1.54, 1.807) is 30.3 Å². The van der Waals surface area contributed by atoms with Gasteiger partial charge in [-0.3, -0.25) is 9.59 Å². The van der Waals surface area contributed by atoms with Crippen LogP contribution in [0, 0.1) is 0 Å². The van der Waals surface area contributed by atoms with E-state index in [4.69, 9.17) is 10.8 Å². The fourth-order valence-electron chi connectivity index (χ4n) is 1.75. The molecule has 5 heteroatoms. The van der Waals surface area contributed by atoms with E-state index in [1.807, 2.05) is 0 Å². The molecule has 0 saturated carbocycles. The molecule has 0 spiro atoms. The molecule has 0 aliphatic heterocycles. The Labute approximate surface area is 116 Å². The van der Waals surface area contributed by atoms with Gasteiger partial charge >= 0.3 is 0 Å². The molecule has 0 unspecified atom stereocenters. The van der Waals surface area contributed by atoms with E-state index >= 15 is 0 Å². The molecule has 0 aromatic heterocycles. The molecule has 102 valence electrons. The first kappa shape index (κ1) is 13.6. The van der Waals surface area contributed by atoms with E-state index in [9.17, 15) is 9.59 Å². The predicted octanol–water partition coefficient (Wildman–Crippen LogP) is 1.67. The molecular weight excluding hydrogens is 256 g/mol. The normalized spacial score (nSPS) is 10.0. The van der Waals surface area contributed by atoms with Crippen LogP contribution in [0.25, 0.3) is 0 Å². The molecule has 0 saturated heterocycles. The maximum absolute atomic E-state index is 11.9. The Bertz CT molecular complexity index is 636. The first-order chi connectivity index (χ1) is 9.54. The molecule has 4 N–H and O–H groups in total. The molecule has 0 radical (unpaired) electrons. The summed E-state index contributed by atoms with van der Waals surface area (Å²) < 4.78 is 0. The lowest BCUT2D eigenvalue weighted by Gasteiger charge is -2.06. The number of hydrogen-bond donors (Lipinski definition) is 3. The molecule has 0 heterocycles. The quantitative estimate of drug-likeness (QED) is 0.789. The SMILES string of the molecule is NC(=O)c1cccc(NC(=O)Cc2ccc(O)cc2)c1. The van der Waals surface area contributed by atoms with Crippen LogP contribution in [-0.4, -0.2) is 16.9 Å². The highest BCUT2D eigenvalue weighted by Gasteiger charge is 2.06. The average molecular weight is 270 g/mol. The van der Waals surface area contributed by atoms with Crippen LogP contribution >= 0.6 is 0 Å². The lowest BCUT2D eigenvalue weighted by atomic mass is 10.1. The van der Waals surface area contributed by atoms with Crippen LogP contribution < -0.4 is 11.1 Å². The van der Waals surface area contributed by atoms with E-state index in [0.29, 0.717) is 11.3 Å². The number of anilines is 1. The molecule has 0 aliphatic rings. The van der Waals surface area contributed by atoms with Gasteiger partial charge in [-0.15, -0.1) is 0 Å². The van der Waals surface area contributed by atoms with Crippen LogP contribution in [0.3, 0.4) is 0 Å². The van der Waals surface area contributed by atoms with Gasteiger partial charge in [-0.05, 0) is 35.9 Å². The molecule has 5 nitrogen and oxygen atoms in total. The third-order valence-electron chi connectivity index (χ3n) is 2.73. The molecule has 0 atom stereocenters. The lowest BCUT2D eigenvalue weighted by molar-refractivity contribution is -0.115. The van der Waals surface area contributed by atoms with Gasteiger partial charge in [-0.2, -0.15) is 0 Å². The van der Waals surface area contributed by atoms with Crippen molar-refractivity contribution >= 4 is 17.5 Å². The van der Waals surface area contributed by atoms with Crippen molar-refractivity contribution in [1.82, 2.24) is 0 Å². The zero-order valence-electron chi connectivity index (χ0n) is 10.7. The van der Waals surface area contributed by atoms with Gasteiger partial charge in [-0.1, -0.05) is 18.2 Å². The Kier molecular flexibility index (Phi) is 4.00. The summed E-state index contributed by atoms with van der Waals surface area (Å²) in [5, 5.41) is 11.9. The first-order valence-corrected chi connectivity index (χ1v) is 6.02. The number of aromatic hydroxyl groups is 1. The summed E-state index contributed by atoms with van der Waals surface area (Å²) in [6, 6.07) is 12.8. The smallest absolute Gasteiger partial charge is 0.248 e. The van der Waals surface area contributed by atoms with Gasteiger partial charge in [0.25, 0.3) is 0 Å². The lowest BCUT2D eigenvalue weighted by Crippen LogP contribution is -2.16. The number of carbonyl (C=O) groups excluding carboxylic acids is 2. The molecule has 2 aromatic rings. The average Bonchev–Trinajstić information content (AvgIpc) is 2.41. The molecule has 2 rings (SSSR count). The number of amides is 2. The van der Waals surface area contributed by atoms with Crippen molar-refractivity contribution in [3.63, 3.8) is 0 Å². The van der Waals surface area contributed by atoms with Crippen LogP contribution in [-0.2, 0) is 11.2 Å². The molecular formula is C15H14N2O3. The highest BCUT2D eigenvalue weighted by molar-refractivity contribution is 5.96. The summed E-state index contributed by atoms with van der Waals surface area (Å²) in [6.45, 7) is 0. The summed E-state index contributed by atoms with van der Waals surface area (Å²) in [6.07, 6.45) is 0.182. The van der Waals surface area contributed by atoms with Crippen LogP contribution in [0.4, 0.5) is 5.69 Å². The topological polar surface area (TPSA) is 92.4 Å². The second-order valence-electron chi connectivity index (χ2n) is 4.34. The molecule has 20 heavy (non-hydrogen) atoms. The van der Waals surface area contributed by atoms with Gasteiger partial charge in [0.1, 0.15) is 5.75 Å². The van der Waals surface area contributed by atoms with Crippen LogP contribution in [0.5, 0.6) is 5.75 Å². The summed E-state index contributed by atoms with van der Waals surface area (Å²) in [4.78, 5) is 22.9. The van der Waals surface area contributed by atoms with E-state index in [0.717, 1.165) is 5.56 Å². The molecule has 2 aromatic carbocycles. The second-order valence-corrected chi connectivity index (χ2v) is 4.34. The number of phenolic OH excluding ortho intramolecular Hbond substituents is 1. The van der Waals surface area contributed by atoms with E-state index in [2.05, 4.69) is 5.32 Å². The second kappa shape index (κ2) is 5.88. The van der Waals surface area contributed by atoms with Crippen molar-refractivity contribution in [1.29, 1.82) is 0 Å². The minimum absolute atomic E-state index is 0.156. The van der Waals surface area contributed by atoms with Gasteiger partial charge in [0.15, 0.2) is 0 Å². The van der Waals surface area contributed by atoms with Crippen molar-refractivity contribution in [3.8, 4) is 5.75 Å². The summed E-state index contributed by atoms with van der Waals surface area (Å²) >= 11 is 0. The number of primary amides is 1. The van der Waals surface area contributed by atoms with Crippen LogP contribution in [0.2, 0.25) is 0 Å². The molecule has 0 fully saturated rings. The summed E-state index contributed by atoms with van der Waals surface area (Å²) in [5.74, 6) is -0.597. The number of benzene rings is 2. The number of phenols is 1. The van der Waals surface area contributed by atoms with E-state index < -0.39 is 5.91 Å². The molecule has 0 bridgehead atoms. The highest BCUT2D eigenvalue weighted by atomic mass is 16.3. The minimum Gasteiger partial charge on any atom is -0.508 e. The van der Waals surface area contributed by atoms with Crippen LogP contribution in [0.15, 0.2) is 48.5 Å². The zero-order valence-corrected chi connectivity index (χ0v) is 10.7. The number of carbonyl (C=O) groups is 2. The Balaban J connectivity index is 2.02.